The van der Waals surface area contributed by atoms with Gasteiger partial charge in [-0.2, -0.15) is 0 Å². The maximum atomic E-state index is 12.4. The SMILES string of the molecule is CCSc1nnc(C)n1NC(=O)c1ccc(C(C)(C)C)cc1. The van der Waals surface area contributed by atoms with Crippen LogP contribution in [-0.4, -0.2) is 26.5 Å². The highest BCUT2D eigenvalue weighted by Gasteiger charge is 2.16. The van der Waals surface area contributed by atoms with E-state index in [1.54, 1.807) is 16.4 Å². The number of thioether (sulfide) groups is 1. The molecule has 0 saturated heterocycles. The van der Waals surface area contributed by atoms with Crippen LogP contribution in [0, 0.1) is 6.92 Å². The van der Waals surface area contributed by atoms with Crippen LogP contribution in [0.3, 0.4) is 0 Å². The van der Waals surface area contributed by atoms with E-state index < -0.39 is 0 Å². The van der Waals surface area contributed by atoms with Crippen LogP contribution in [0.1, 0.15) is 49.4 Å². The van der Waals surface area contributed by atoms with E-state index in [0.29, 0.717) is 16.5 Å². The smallest absolute Gasteiger partial charge is 0.267 e. The van der Waals surface area contributed by atoms with Gasteiger partial charge < -0.3 is 0 Å². The van der Waals surface area contributed by atoms with Gasteiger partial charge in [0, 0.05) is 5.56 Å². The fourth-order valence-electron chi connectivity index (χ4n) is 1.98. The van der Waals surface area contributed by atoms with Gasteiger partial charge in [-0.05, 0) is 35.8 Å². The summed E-state index contributed by atoms with van der Waals surface area (Å²) >= 11 is 1.54. The molecule has 0 fully saturated rings. The molecule has 0 radical (unpaired) electrons. The number of aromatic nitrogens is 3. The molecule has 2 rings (SSSR count). The first-order valence-electron chi connectivity index (χ1n) is 7.29. The summed E-state index contributed by atoms with van der Waals surface area (Å²) in [5, 5.41) is 8.76. The van der Waals surface area contributed by atoms with Crippen LogP contribution in [0.5, 0.6) is 0 Å². The largest absolute Gasteiger partial charge is 0.270 e. The Morgan fingerprint density at radius 3 is 2.41 bits per heavy atom. The third-order valence-corrected chi connectivity index (χ3v) is 4.11. The second-order valence-electron chi connectivity index (χ2n) is 6.07. The maximum absolute atomic E-state index is 12.4. The lowest BCUT2D eigenvalue weighted by atomic mass is 9.87. The molecular weight excluding hydrogens is 296 g/mol. The summed E-state index contributed by atoms with van der Waals surface area (Å²) in [5.74, 6) is 1.37. The molecule has 0 aliphatic heterocycles. The van der Waals surface area contributed by atoms with Crippen molar-refractivity contribution < 1.29 is 4.79 Å². The maximum Gasteiger partial charge on any atom is 0.270 e. The van der Waals surface area contributed by atoms with E-state index in [2.05, 4.69) is 36.4 Å². The Morgan fingerprint density at radius 2 is 1.86 bits per heavy atom. The molecule has 1 amide bonds. The van der Waals surface area contributed by atoms with Crippen molar-refractivity contribution in [2.45, 2.75) is 45.2 Å². The van der Waals surface area contributed by atoms with Gasteiger partial charge in [0.1, 0.15) is 5.82 Å². The number of aryl methyl sites for hydroxylation is 1. The standard InChI is InChI=1S/C16H22N4OS/c1-6-22-15-18-17-11(2)20(15)19-14(21)12-7-9-13(10-8-12)16(3,4)5/h7-10H,6H2,1-5H3,(H,19,21). The zero-order valence-corrected chi connectivity index (χ0v) is 14.5. The molecule has 1 aromatic heterocycles. The minimum atomic E-state index is -0.165. The summed E-state index contributed by atoms with van der Waals surface area (Å²) in [4.78, 5) is 12.4. The van der Waals surface area contributed by atoms with Crippen LogP contribution in [-0.2, 0) is 5.41 Å². The molecule has 118 valence electrons. The van der Waals surface area contributed by atoms with E-state index in [4.69, 9.17) is 0 Å². The first-order valence-corrected chi connectivity index (χ1v) is 8.28. The molecule has 22 heavy (non-hydrogen) atoms. The Balaban J connectivity index is 2.18. The van der Waals surface area contributed by atoms with Crippen molar-refractivity contribution in [3.05, 3.63) is 41.2 Å². The van der Waals surface area contributed by atoms with Gasteiger partial charge in [0.25, 0.3) is 5.91 Å². The second-order valence-corrected chi connectivity index (χ2v) is 7.30. The van der Waals surface area contributed by atoms with Crippen LogP contribution < -0.4 is 5.43 Å². The molecule has 0 atom stereocenters. The fraction of sp³-hybridized carbons (Fsp3) is 0.438. The zero-order chi connectivity index (χ0) is 16.3. The van der Waals surface area contributed by atoms with Gasteiger partial charge in [0.05, 0.1) is 0 Å². The summed E-state index contributed by atoms with van der Waals surface area (Å²) in [6.45, 7) is 10.3. The average Bonchev–Trinajstić information content (AvgIpc) is 2.80. The van der Waals surface area contributed by atoms with Gasteiger partial charge in [0.2, 0.25) is 5.16 Å². The van der Waals surface area contributed by atoms with Crippen LogP contribution in [0.25, 0.3) is 0 Å². The lowest BCUT2D eigenvalue weighted by Gasteiger charge is -2.19. The number of benzene rings is 1. The average molecular weight is 318 g/mol. The molecule has 0 bridgehead atoms. The molecular formula is C16H22N4OS. The van der Waals surface area contributed by atoms with Crippen molar-refractivity contribution in [3.63, 3.8) is 0 Å². The molecule has 0 aliphatic rings. The summed E-state index contributed by atoms with van der Waals surface area (Å²) in [6, 6.07) is 7.69. The first-order chi connectivity index (χ1) is 10.3. The molecule has 1 N–H and O–H groups in total. The third kappa shape index (κ3) is 3.68. The van der Waals surface area contributed by atoms with E-state index in [0.717, 1.165) is 5.75 Å². The predicted octanol–water partition coefficient (Wildman–Crippen LogP) is 3.38. The monoisotopic (exact) mass is 318 g/mol. The Kier molecular flexibility index (Phi) is 4.90. The van der Waals surface area contributed by atoms with Crippen molar-refractivity contribution >= 4 is 17.7 Å². The first kappa shape index (κ1) is 16.5. The molecule has 0 spiro atoms. The van der Waals surface area contributed by atoms with Gasteiger partial charge in [-0.15, -0.1) is 10.2 Å². The van der Waals surface area contributed by atoms with Crippen molar-refractivity contribution in [2.24, 2.45) is 0 Å². The topological polar surface area (TPSA) is 59.8 Å². The second kappa shape index (κ2) is 6.52. The van der Waals surface area contributed by atoms with Crippen molar-refractivity contribution in [2.75, 3.05) is 11.2 Å². The number of carbonyl (C=O) groups excluding carboxylic acids is 1. The number of rotatable bonds is 4. The quantitative estimate of drug-likeness (QED) is 0.878. The van der Waals surface area contributed by atoms with Gasteiger partial charge >= 0.3 is 0 Å². The van der Waals surface area contributed by atoms with Gasteiger partial charge in [0.15, 0.2) is 0 Å². The summed E-state index contributed by atoms with van der Waals surface area (Å²) in [5.41, 5.74) is 4.74. The highest BCUT2D eigenvalue weighted by atomic mass is 32.2. The van der Waals surface area contributed by atoms with Crippen LogP contribution in [0.2, 0.25) is 0 Å². The third-order valence-electron chi connectivity index (χ3n) is 3.30. The predicted molar refractivity (Wildman–Crippen MR) is 90.0 cm³/mol. The van der Waals surface area contributed by atoms with Crippen LogP contribution >= 0.6 is 11.8 Å². The van der Waals surface area contributed by atoms with E-state index in [1.165, 1.54) is 5.56 Å². The number of hydrogen-bond donors (Lipinski definition) is 1. The number of nitrogens with one attached hydrogen (secondary N) is 1. The number of amides is 1. The van der Waals surface area contributed by atoms with E-state index in [9.17, 15) is 4.79 Å². The molecule has 1 heterocycles. The summed E-state index contributed by atoms with van der Waals surface area (Å²) in [6.07, 6.45) is 0. The highest BCUT2D eigenvalue weighted by Crippen LogP contribution is 2.22. The van der Waals surface area contributed by atoms with Crippen molar-refractivity contribution in [1.82, 2.24) is 14.9 Å². The Hall–Kier alpha value is -1.82. The fourth-order valence-corrected chi connectivity index (χ4v) is 2.65. The zero-order valence-electron chi connectivity index (χ0n) is 13.7. The Labute approximate surface area is 135 Å². The number of carbonyl (C=O) groups is 1. The summed E-state index contributed by atoms with van der Waals surface area (Å²) in [7, 11) is 0. The Bertz CT molecular complexity index is 656. The molecule has 2 aromatic rings. The molecule has 0 unspecified atom stereocenters. The highest BCUT2D eigenvalue weighted by molar-refractivity contribution is 7.99. The molecule has 0 aliphatic carbocycles. The van der Waals surface area contributed by atoms with Gasteiger partial charge in [-0.3, -0.25) is 10.2 Å². The number of hydrogen-bond acceptors (Lipinski definition) is 4. The van der Waals surface area contributed by atoms with E-state index in [1.807, 2.05) is 38.1 Å². The lowest BCUT2D eigenvalue weighted by Crippen LogP contribution is -2.25. The minimum absolute atomic E-state index is 0.0742. The molecule has 0 saturated carbocycles. The lowest BCUT2D eigenvalue weighted by molar-refractivity contribution is 0.100. The summed E-state index contributed by atoms with van der Waals surface area (Å²) < 4.78 is 1.63. The minimum Gasteiger partial charge on any atom is -0.267 e. The van der Waals surface area contributed by atoms with E-state index in [-0.39, 0.29) is 11.3 Å². The van der Waals surface area contributed by atoms with Crippen LogP contribution in [0.4, 0.5) is 0 Å². The molecule has 1 aromatic carbocycles. The normalized spacial score (nSPS) is 11.5. The van der Waals surface area contributed by atoms with Crippen LogP contribution in [0.15, 0.2) is 29.4 Å². The van der Waals surface area contributed by atoms with Crippen molar-refractivity contribution in [1.29, 1.82) is 0 Å². The molecule has 5 nitrogen and oxygen atoms in total. The van der Waals surface area contributed by atoms with Gasteiger partial charge in [-0.1, -0.05) is 51.6 Å². The Morgan fingerprint density at radius 1 is 1.23 bits per heavy atom. The number of nitrogens with zero attached hydrogens (tertiary/aromatic N) is 3. The van der Waals surface area contributed by atoms with E-state index >= 15 is 0 Å². The molecule has 6 heteroatoms. The van der Waals surface area contributed by atoms with Crippen molar-refractivity contribution in [3.8, 4) is 0 Å². The van der Waals surface area contributed by atoms with Gasteiger partial charge in [-0.25, -0.2) is 4.68 Å².